The van der Waals surface area contributed by atoms with Gasteiger partial charge in [0, 0.05) is 42.9 Å². The quantitative estimate of drug-likeness (QED) is 0.701. The second-order valence-electron chi connectivity index (χ2n) is 7.60. The molecule has 1 aliphatic carbocycles. The van der Waals surface area contributed by atoms with Crippen molar-refractivity contribution in [3.05, 3.63) is 46.8 Å². The minimum atomic E-state index is -0.000216. The van der Waals surface area contributed by atoms with E-state index < -0.39 is 0 Å². The topological polar surface area (TPSA) is 47.8 Å². The summed E-state index contributed by atoms with van der Waals surface area (Å²) in [4.78, 5) is 21.4. The molecule has 0 amide bonds. The number of aryl methyl sites for hydroxylation is 2. The largest absolute Gasteiger partial charge is 0.334 e. The molecule has 4 heteroatoms. The summed E-state index contributed by atoms with van der Waals surface area (Å²) in [6, 6.07) is 1.89. The number of aromatic nitrogens is 3. The molecule has 0 aromatic carbocycles. The molecular formula is C20H21N3O. The van der Waals surface area contributed by atoms with E-state index >= 15 is 0 Å². The molecule has 2 aliphatic rings. The molecule has 2 aromatic heterocycles. The Bertz CT molecular complexity index is 857. The fourth-order valence-electron chi connectivity index (χ4n) is 3.60. The highest BCUT2D eigenvalue weighted by atomic mass is 16.1. The van der Waals surface area contributed by atoms with Gasteiger partial charge in [0.05, 0.1) is 5.69 Å². The molecule has 4 rings (SSSR count). The number of hydrogen-bond donors (Lipinski definition) is 0. The van der Waals surface area contributed by atoms with Crippen molar-refractivity contribution in [3.63, 3.8) is 0 Å². The molecule has 0 atom stereocenters. The summed E-state index contributed by atoms with van der Waals surface area (Å²) >= 11 is 0. The Labute approximate surface area is 142 Å². The van der Waals surface area contributed by atoms with Crippen molar-refractivity contribution in [1.82, 2.24) is 14.5 Å². The van der Waals surface area contributed by atoms with Crippen LogP contribution in [0.25, 0.3) is 0 Å². The lowest BCUT2D eigenvalue weighted by atomic mass is 9.75. The first-order valence-corrected chi connectivity index (χ1v) is 8.60. The number of nitrogens with zero attached hydrogens (tertiary/aromatic N) is 3. The number of Topliss-reactive ketones (excluding diaryl/α,β-unsaturated/α-hetero) is 1. The van der Waals surface area contributed by atoms with Gasteiger partial charge in [-0.2, -0.15) is 0 Å². The van der Waals surface area contributed by atoms with E-state index in [0.717, 1.165) is 47.7 Å². The van der Waals surface area contributed by atoms with Crippen LogP contribution in [0.15, 0.2) is 18.5 Å². The van der Waals surface area contributed by atoms with E-state index in [9.17, 15) is 4.79 Å². The van der Waals surface area contributed by atoms with Crippen molar-refractivity contribution in [1.29, 1.82) is 0 Å². The first-order chi connectivity index (χ1) is 11.5. The van der Waals surface area contributed by atoms with E-state index in [1.807, 2.05) is 12.3 Å². The van der Waals surface area contributed by atoms with Crippen LogP contribution >= 0.6 is 0 Å². The number of hydrogen-bond acceptors (Lipinski definition) is 3. The maximum absolute atomic E-state index is 12.4. The molecule has 122 valence electrons. The predicted octanol–water partition coefficient (Wildman–Crippen LogP) is 3.17. The summed E-state index contributed by atoms with van der Waals surface area (Å²) < 4.78 is 2.20. The molecule has 2 aromatic rings. The van der Waals surface area contributed by atoms with Gasteiger partial charge in [-0.3, -0.25) is 9.78 Å². The molecule has 3 heterocycles. The number of fused-ring (bicyclic) bond motifs is 2. The van der Waals surface area contributed by atoms with Crippen LogP contribution in [0, 0.1) is 17.3 Å². The van der Waals surface area contributed by atoms with Gasteiger partial charge >= 0.3 is 0 Å². The lowest BCUT2D eigenvalue weighted by molar-refractivity contribution is 0.0910. The number of carbonyl (C=O) groups is 1. The summed E-state index contributed by atoms with van der Waals surface area (Å²) in [6.45, 7) is 5.27. The molecule has 0 spiro atoms. The highest BCUT2D eigenvalue weighted by Gasteiger charge is 2.31. The summed E-state index contributed by atoms with van der Waals surface area (Å²) in [5.41, 5.74) is 3.23. The number of carbonyl (C=O) groups excluding carboxylic acids is 1. The summed E-state index contributed by atoms with van der Waals surface area (Å²) in [7, 11) is 0. The van der Waals surface area contributed by atoms with E-state index in [-0.39, 0.29) is 11.2 Å². The van der Waals surface area contributed by atoms with Crippen LogP contribution in [-0.4, -0.2) is 20.3 Å². The monoisotopic (exact) mass is 319 g/mol. The maximum atomic E-state index is 12.4. The van der Waals surface area contributed by atoms with Gasteiger partial charge in [0.15, 0.2) is 5.78 Å². The Morgan fingerprint density at radius 3 is 2.92 bits per heavy atom. The Balaban J connectivity index is 1.62. The second-order valence-corrected chi connectivity index (χ2v) is 7.60. The average molecular weight is 319 g/mol. The highest BCUT2D eigenvalue weighted by Crippen LogP contribution is 2.33. The summed E-state index contributed by atoms with van der Waals surface area (Å²) in [5, 5.41) is 0. The third-order valence-electron chi connectivity index (χ3n) is 4.80. The van der Waals surface area contributed by atoms with Gasteiger partial charge in [-0.05, 0) is 36.7 Å². The first-order valence-electron chi connectivity index (χ1n) is 8.60. The minimum absolute atomic E-state index is 0.000216. The van der Waals surface area contributed by atoms with Crippen molar-refractivity contribution < 1.29 is 4.79 Å². The maximum Gasteiger partial charge on any atom is 0.165 e. The van der Waals surface area contributed by atoms with Gasteiger partial charge in [0.2, 0.25) is 0 Å². The number of rotatable bonds is 0. The van der Waals surface area contributed by atoms with Crippen LogP contribution in [0.2, 0.25) is 0 Å². The zero-order valence-electron chi connectivity index (χ0n) is 14.2. The molecule has 0 saturated carbocycles. The number of imidazole rings is 1. The van der Waals surface area contributed by atoms with Gasteiger partial charge in [0.25, 0.3) is 0 Å². The molecule has 0 bridgehead atoms. The van der Waals surface area contributed by atoms with Gasteiger partial charge < -0.3 is 4.57 Å². The number of pyridine rings is 1. The third kappa shape index (κ3) is 2.87. The van der Waals surface area contributed by atoms with Gasteiger partial charge in [-0.1, -0.05) is 19.8 Å². The third-order valence-corrected chi connectivity index (χ3v) is 4.80. The Morgan fingerprint density at radius 1 is 1.21 bits per heavy atom. The smallest absolute Gasteiger partial charge is 0.165 e. The van der Waals surface area contributed by atoms with Crippen LogP contribution in [0.1, 0.15) is 66.2 Å². The van der Waals surface area contributed by atoms with E-state index in [0.29, 0.717) is 6.42 Å². The fraction of sp³-hybridized carbons (Fsp3) is 0.450. The van der Waals surface area contributed by atoms with Gasteiger partial charge in [-0.25, -0.2) is 4.98 Å². The van der Waals surface area contributed by atoms with Crippen LogP contribution in [-0.2, 0) is 19.4 Å². The van der Waals surface area contributed by atoms with Crippen LogP contribution < -0.4 is 0 Å². The normalized spacial score (nSPS) is 18.3. The molecule has 0 saturated heterocycles. The van der Waals surface area contributed by atoms with E-state index in [1.54, 1.807) is 6.20 Å². The molecule has 0 fully saturated rings. The molecule has 0 radical (unpaired) electrons. The van der Waals surface area contributed by atoms with E-state index in [1.165, 1.54) is 12.8 Å². The second kappa shape index (κ2) is 5.59. The Hall–Kier alpha value is -2.41. The van der Waals surface area contributed by atoms with E-state index in [4.69, 9.17) is 0 Å². The van der Waals surface area contributed by atoms with Crippen molar-refractivity contribution in [2.75, 3.05) is 0 Å². The zero-order valence-corrected chi connectivity index (χ0v) is 14.2. The Kier molecular flexibility index (Phi) is 3.53. The Morgan fingerprint density at radius 2 is 2.08 bits per heavy atom. The number of ketones is 1. The van der Waals surface area contributed by atoms with Crippen LogP contribution in [0.5, 0.6) is 0 Å². The van der Waals surface area contributed by atoms with E-state index in [2.05, 4.69) is 40.2 Å². The van der Waals surface area contributed by atoms with Gasteiger partial charge in [-0.15, -0.1) is 0 Å². The fourth-order valence-corrected chi connectivity index (χ4v) is 3.60. The predicted molar refractivity (Wildman–Crippen MR) is 91.8 cm³/mol. The van der Waals surface area contributed by atoms with Crippen LogP contribution in [0.4, 0.5) is 0 Å². The molecule has 1 aliphatic heterocycles. The molecular weight excluding hydrogens is 298 g/mol. The van der Waals surface area contributed by atoms with Gasteiger partial charge in [0.1, 0.15) is 11.5 Å². The lowest BCUT2D eigenvalue weighted by Crippen LogP contribution is -2.27. The standard InChI is InChI=1S/C20H21N3O/c1-20(2)10-17-16(18(24)11-20)9-14(12-21-17)6-7-15-13-23-8-4-3-5-19(23)22-15/h9,12-13H,3-5,8,10-11H2,1-2H3. The van der Waals surface area contributed by atoms with Crippen molar-refractivity contribution in [2.24, 2.45) is 5.41 Å². The van der Waals surface area contributed by atoms with Crippen molar-refractivity contribution in [2.45, 2.75) is 52.5 Å². The highest BCUT2D eigenvalue weighted by molar-refractivity contribution is 5.98. The zero-order chi connectivity index (χ0) is 16.7. The van der Waals surface area contributed by atoms with Crippen LogP contribution in [0.3, 0.4) is 0 Å². The lowest BCUT2D eigenvalue weighted by Gasteiger charge is -2.29. The summed E-state index contributed by atoms with van der Waals surface area (Å²) in [6.07, 6.45) is 8.67. The first kappa shape index (κ1) is 15.1. The molecule has 4 nitrogen and oxygen atoms in total. The van der Waals surface area contributed by atoms with Crippen molar-refractivity contribution in [3.8, 4) is 11.8 Å². The minimum Gasteiger partial charge on any atom is -0.334 e. The average Bonchev–Trinajstić information content (AvgIpc) is 2.95. The molecule has 0 N–H and O–H groups in total. The molecule has 24 heavy (non-hydrogen) atoms. The van der Waals surface area contributed by atoms with Crippen molar-refractivity contribution >= 4 is 5.78 Å². The SMILES string of the molecule is CC1(C)CC(=O)c2cc(C#Cc3cn4c(n3)CCCC4)cnc2C1. The summed E-state index contributed by atoms with van der Waals surface area (Å²) in [5.74, 6) is 7.55. The molecule has 0 unspecified atom stereocenters.